The number of amides is 1. The first kappa shape index (κ1) is 12.0. The van der Waals surface area contributed by atoms with Gasteiger partial charge in [0.2, 0.25) is 0 Å². The molecule has 0 saturated carbocycles. The molecule has 1 heterocycles. The smallest absolute Gasteiger partial charge is 0.257 e. The fourth-order valence-electron chi connectivity index (χ4n) is 1.62. The van der Waals surface area contributed by atoms with Crippen LogP contribution in [0.15, 0.2) is 30.6 Å². The van der Waals surface area contributed by atoms with Gasteiger partial charge in [-0.2, -0.15) is 5.10 Å². The van der Waals surface area contributed by atoms with Crippen molar-refractivity contribution in [3.8, 4) is 11.5 Å². The molecule has 2 rings (SSSR count). The predicted octanol–water partition coefficient (Wildman–Crippen LogP) is 1.09. The van der Waals surface area contributed by atoms with E-state index < -0.39 is 0 Å². The summed E-state index contributed by atoms with van der Waals surface area (Å²) < 4.78 is 0. The van der Waals surface area contributed by atoms with Crippen LogP contribution in [0.4, 0.5) is 0 Å². The maximum Gasteiger partial charge on any atom is 0.257 e. The average Bonchev–Trinajstić information content (AvgIpc) is 2.81. The van der Waals surface area contributed by atoms with Gasteiger partial charge in [-0.15, -0.1) is 0 Å². The number of hydrogen-bond acceptors (Lipinski definition) is 4. The van der Waals surface area contributed by atoms with Crippen LogP contribution < -0.4 is 0 Å². The molecule has 0 unspecified atom stereocenters. The summed E-state index contributed by atoms with van der Waals surface area (Å²) in [4.78, 5) is 13.5. The largest absolute Gasteiger partial charge is 0.508 e. The van der Waals surface area contributed by atoms with E-state index in [4.69, 9.17) is 5.11 Å². The lowest BCUT2D eigenvalue weighted by Gasteiger charge is -2.16. The van der Waals surface area contributed by atoms with Crippen molar-refractivity contribution in [1.82, 2.24) is 15.1 Å². The molecule has 0 aliphatic rings. The molecule has 18 heavy (non-hydrogen) atoms. The van der Waals surface area contributed by atoms with Gasteiger partial charge < -0.3 is 15.1 Å². The van der Waals surface area contributed by atoms with Gasteiger partial charge in [-0.1, -0.05) is 0 Å². The lowest BCUT2D eigenvalue weighted by molar-refractivity contribution is 0.0782. The molecule has 1 aromatic carbocycles. The standard InChI is InChI=1S/C12H13N3O3/c1-15(7-8-5-13-14-6-8)12(18)10-3-2-9(16)4-11(10)17/h2-6,16-17H,7H2,1H3,(H,13,14). The van der Waals surface area contributed by atoms with Gasteiger partial charge in [-0.25, -0.2) is 0 Å². The molecule has 2 aromatic rings. The second-order valence-electron chi connectivity index (χ2n) is 3.97. The molecular formula is C12H13N3O3. The Morgan fingerprint density at radius 3 is 2.83 bits per heavy atom. The summed E-state index contributed by atoms with van der Waals surface area (Å²) in [5.41, 5.74) is 1.02. The molecule has 0 fully saturated rings. The Labute approximate surface area is 103 Å². The van der Waals surface area contributed by atoms with E-state index in [-0.39, 0.29) is 23.0 Å². The number of benzene rings is 1. The van der Waals surface area contributed by atoms with Gasteiger partial charge >= 0.3 is 0 Å². The molecule has 0 spiro atoms. The number of carbonyl (C=O) groups is 1. The van der Waals surface area contributed by atoms with Gasteiger partial charge in [0, 0.05) is 31.4 Å². The third kappa shape index (κ3) is 2.42. The number of nitrogens with zero attached hydrogens (tertiary/aromatic N) is 2. The average molecular weight is 247 g/mol. The van der Waals surface area contributed by atoms with Gasteiger partial charge in [0.1, 0.15) is 11.5 Å². The highest BCUT2D eigenvalue weighted by Gasteiger charge is 2.16. The summed E-state index contributed by atoms with van der Waals surface area (Å²) in [6, 6.07) is 3.89. The van der Waals surface area contributed by atoms with Gasteiger partial charge in [0.05, 0.1) is 11.8 Å². The van der Waals surface area contributed by atoms with Crippen LogP contribution in [0.3, 0.4) is 0 Å². The number of aromatic amines is 1. The number of carbonyl (C=O) groups excluding carboxylic acids is 1. The van der Waals surface area contributed by atoms with E-state index in [2.05, 4.69) is 10.2 Å². The number of rotatable bonds is 3. The number of aromatic nitrogens is 2. The van der Waals surface area contributed by atoms with Crippen LogP contribution in [0.25, 0.3) is 0 Å². The molecule has 1 amide bonds. The predicted molar refractivity (Wildman–Crippen MR) is 64.2 cm³/mol. The minimum absolute atomic E-state index is 0.0819. The SMILES string of the molecule is CN(Cc1cn[nH]c1)C(=O)c1ccc(O)cc1O. The van der Waals surface area contributed by atoms with E-state index in [1.165, 1.54) is 17.0 Å². The quantitative estimate of drug-likeness (QED) is 0.757. The number of hydrogen-bond donors (Lipinski definition) is 3. The normalized spacial score (nSPS) is 10.3. The Balaban J connectivity index is 2.15. The molecular weight excluding hydrogens is 234 g/mol. The maximum atomic E-state index is 12.1. The van der Waals surface area contributed by atoms with Crippen LogP contribution in [0.1, 0.15) is 15.9 Å². The van der Waals surface area contributed by atoms with Crippen LogP contribution in [0.2, 0.25) is 0 Å². The topological polar surface area (TPSA) is 89.5 Å². The van der Waals surface area contributed by atoms with Gasteiger partial charge in [0.15, 0.2) is 0 Å². The maximum absolute atomic E-state index is 12.1. The van der Waals surface area contributed by atoms with Crippen molar-refractivity contribution >= 4 is 5.91 Å². The number of phenols is 2. The van der Waals surface area contributed by atoms with E-state index in [1.807, 2.05) is 0 Å². The molecule has 6 nitrogen and oxygen atoms in total. The molecule has 6 heteroatoms. The first-order valence-electron chi connectivity index (χ1n) is 5.33. The first-order valence-corrected chi connectivity index (χ1v) is 5.33. The molecule has 1 aromatic heterocycles. The second-order valence-corrected chi connectivity index (χ2v) is 3.97. The van der Waals surface area contributed by atoms with Gasteiger partial charge in [-0.05, 0) is 12.1 Å². The van der Waals surface area contributed by atoms with Crippen LogP contribution >= 0.6 is 0 Å². The lowest BCUT2D eigenvalue weighted by atomic mass is 10.1. The zero-order valence-corrected chi connectivity index (χ0v) is 9.79. The fraction of sp³-hybridized carbons (Fsp3) is 0.167. The first-order chi connectivity index (χ1) is 8.58. The van der Waals surface area contributed by atoms with Crippen molar-refractivity contribution in [2.45, 2.75) is 6.54 Å². The monoisotopic (exact) mass is 247 g/mol. The van der Waals surface area contributed by atoms with E-state index in [0.29, 0.717) is 6.54 Å². The van der Waals surface area contributed by atoms with Crippen molar-refractivity contribution < 1.29 is 15.0 Å². The highest BCUT2D eigenvalue weighted by molar-refractivity contribution is 5.96. The molecule has 3 N–H and O–H groups in total. The molecule has 0 radical (unpaired) electrons. The van der Waals surface area contributed by atoms with Crippen LogP contribution in [-0.2, 0) is 6.54 Å². The van der Waals surface area contributed by atoms with Crippen LogP contribution in [-0.4, -0.2) is 38.3 Å². The number of nitrogens with one attached hydrogen (secondary N) is 1. The molecule has 94 valence electrons. The Morgan fingerprint density at radius 2 is 2.22 bits per heavy atom. The number of aromatic hydroxyl groups is 2. The lowest BCUT2D eigenvalue weighted by Crippen LogP contribution is -2.26. The zero-order chi connectivity index (χ0) is 13.1. The number of phenolic OH excluding ortho intramolecular Hbond substituents is 2. The fourth-order valence-corrected chi connectivity index (χ4v) is 1.62. The molecule has 0 bridgehead atoms. The van der Waals surface area contributed by atoms with Crippen molar-refractivity contribution in [3.05, 3.63) is 41.7 Å². The summed E-state index contributed by atoms with van der Waals surface area (Å²) in [6.07, 6.45) is 3.32. The van der Waals surface area contributed by atoms with Crippen LogP contribution in [0.5, 0.6) is 11.5 Å². The zero-order valence-electron chi connectivity index (χ0n) is 9.79. The van der Waals surface area contributed by atoms with Crippen LogP contribution in [0, 0.1) is 0 Å². The van der Waals surface area contributed by atoms with E-state index in [9.17, 15) is 9.90 Å². The van der Waals surface area contributed by atoms with Crippen molar-refractivity contribution in [2.24, 2.45) is 0 Å². The van der Waals surface area contributed by atoms with Crippen molar-refractivity contribution in [2.75, 3.05) is 7.05 Å². The summed E-state index contributed by atoms with van der Waals surface area (Å²) >= 11 is 0. The molecule has 0 aliphatic heterocycles. The minimum Gasteiger partial charge on any atom is -0.508 e. The van der Waals surface area contributed by atoms with Crippen molar-refractivity contribution in [3.63, 3.8) is 0 Å². The third-order valence-corrected chi connectivity index (χ3v) is 2.53. The molecule has 0 saturated heterocycles. The summed E-state index contributed by atoms with van der Waals surface area (Å²) in [5.74, 6) is -0.644. The van der Waals surface area contributed by atoms with E-state index in [1.54, 1.807) is 19.4 Å². The Morgan fingerprint density at radius 1 is 1.44 bits per heavy atom. The highest BCUT2D eigenvalue weighted by Crippen LogP contribution is 2.23. The van der Waals surface area contributed by atoms with E-state index in [0.717, 1.165) is 11.6 Å². The molecule has 0 aliphatic carbocycles. The van der Waals surface area contributed by atoms with Gasteiger partial charge in [0.25, 0.3) is 5.91 Å². The Bertz CT molecular complexity index is 552. The van der Waals surface area contributed by atoms with Gasteiger partial charge in [-0.3, -0.25) is 9.89 Å². The molecule has 0 atom stereocenters. The second kappa shape index (κ2) is 4.79. The van der Waals surface area contributed by atoms with E-state index >= 15 is 0 Å². The highest BCUT2D eigenvalue weighted by atomic mass is 16.3. The number of H-pyrrole nitrogens is 1. The van der Waals surface area contributed by atoms with Crippen molar-refractivity contribution in [1.29, 1.82) is 0 Å². The minimum atomic E-state index is -0.325. The summed E-state index contributed by atoms with van der Waals surface area (Å²) in [7, 11) is 1.63. The Kier molecular flexibility index (Phi) is 3.18. The summed E-state index contributed by atoms with van der Waals surface area (Å²) in [5, 5.41) is 25.2. The third-order valence-electron chi connectivity index (χ3n) is 2.53. The Hall–Kier alpha value is -2.50. The summed E-state index contributed by atoms with van der Waals surface area (Å²) in [6.45, 7) is 0.385.